The average Bonchev–Trinajstić information content (AvgIpc) is 2.94. The minimum Gasteiger partial charge on any atom is -0.460 e. The lowest BCUT2D eigenvalue weighted by atomic mass is 10.1. The number of aromatic nitrogens is 2. The Labute approximate surface area is 161 Å². The zero-order valence-corrected chi connectivity index (χ0v) is 15.6. The standard InChI is InChI=1S/C20H22F3N3O2/c1-2-28-20(27)19-24-11-14(12-9-15(21)17(23)16(22)10-12)18(26-19)25-13-7-5-3-4-6-8-13/h9-11,13H,2-8H2,1H3,(H,24,25,26). The summed E-state index contributed by atoms with van der Waals surface area (Å²) in [6.45, 7) is 1.84. The highest BCUT2D eigenvalue weighted by molar-refractivity contribution is 5.87. The largest absolute Gasteiger partial charge is 0.460 e. The van der Waals surface area contributed by atoms with Crippen molar-refractivity contribution in [1.29, 1.82) is 0 Å². The number of halogens is 3. The number of esters is 1. The van der Waals surface area contributed by atoms with Crippen molar-refractivity contribution in [2.75, 3.05) is 11.9 Å². The third-order valence-corrected chi connectivity index (χ3v) is 4.74. The van der Waals surface area contributed by atoms with E-state index in [0.29, 0.717) is 0 Å². The maximum absolute atomic E-state index is 13.7. The van der Waals surface area contributed by atoms with Crippen molar-refractivity contribution in [1.82, 2.24) is 9.97 Å². The Morgan fingerprint density at radius 2 is 1.79 bits per heavy atom. The van der Waals surface area contributed by atoms with E-state index in [9.17, 15) is 18.0 Å². The van der Waals surface area contributed by atoms with Crippen molar-refractivity contribution in [3.05, 3.63) is 41.6 Å². The summed E-state index contributed by atoms with van der Waals surface area (Å²) in [4.78, 5) is 20.2. The highest BCUT2D eigenvalue weighted by Crippen LogP contribution is 2.30. The number of hydrogen-bond donors (Lipinski definition) is 1. The quantitative estimate of drug-likeness (QED) is 0.446. The van der Waals surface area contributed by atoms with Gasteiger partial charge in [0.15, 0.2) is 17.5 Å². The Morgan fingerprint density at radius 1 is 1.14 bits per heavy atom. The molecule has 150 valence electrons. The van der Waals surface area contributed by atoms with Crippen LogP contribution in [0, 0.1) is 17.5 Å². The molecule has 0 bridgehead atoms. The highest BCUT2D eigenvalue weighted by atomic mass is 19.2. The van der Waals surface area contributed by atoms with Crippen molar-refractivity contribution in [3.8, 4) is 11.1 Å². The van der Waals surface area contributed by atoms with Gasteiger partial charge in [0.05, 0.1) is 6.61 Å². The smallest absolute Gasteiger partial charge is 0.376 e. The zero-order valence-electron chi connectivity index (χ0n) is 15.6. The molecule has 0 spiro atoms. The summed E-state index contributed by atoms with van der Waals surface area (Å²) in [5, 5.41) is 3.28. The van der Waals surface area contributed by atoms with Crippen molar-refractivity contribution in [2.45, 2.75) is 51.5 Å². The molecule has 8 heteroatoms. The second-order valence-electron chi connectivity index (χ2n) is 6.76. The van der Waals surface area contributed by atoms with Gasteiger partial charge >= 0.3 is 5.97 Å². The van der Waals surface area contributed by atoms with Crippen LogP contribution >= 0.6 is 0 Å². The molecule has 1 aliphatic carbocycles. The highest BCUT2D eigenvalue weighted by Gasteiger charge is 2.21. The molecule has 0 radical (unpaired) electrons. The minimum absolute atomic E-state index is 0.0860. The Balaban J connectivity index is 2.01. The molecule has 1 aromatic carbocycles. The average molecular weight is 393 g/mol. The Kier molecular flexibility index (Phi) is 6.49. The van der Waals surface area contributed by atoms with E-state index in [4.69, 9.17) is 4.74 Å². The van der Waals surface area contributed by atoms with E-state index in [1.165, 1.54) is 6.20 Å². The summed E-state index contributed by atoms with van der Waals surface area (Å²) in [7, 11) is 0. The topological polar surface area (TPSA) is 64.1 Å². The summed E-state index contributed by atoms with van der Waals surface area (Å²) >= 11 is 0. The molecular weight excluding hydrogens is 371 g/mol. The van der Waals surface area contributed by atoms with Crippen LogP contribution in [-0.2, 0) is 4.74 Å². The molecule has 5 nitrogen and oxygen atoms in total. The monoisotopic (exact) mass is 393 g/mol. The summed E-state index contributed by atoms with van der Waals surface area (Å²) < 4.78 is 45.7. The van der Waals surface area contributed by atoms with Crippen LogP contribution in [0.4, 0.5) is 19.0 Å². The molecule has 0 aliphatic heterocycles. The van der Waals surface area contributed by atoms with Crippen LogP contribution in [0.3, 0.4) is 0 Å². The molecule has 1 N–H and O–H groups in total. The van der Waals surface area contributed by atoms with Gasteiger partial charge in [0.25, 0.3) is 0 Å². The fourth-order valence-corrected chi connectivity index (χ4v) is 3.33. The SMILES string of the molecule is CCOC(=O)c1ncc(-c2cc(F)c(F)c(F)c2)c(NC2CCCCCC2)n1. The number of nitrogens with zero attached hydrogens (tertiary/aromatic N) is 2. The molecule has 1 fully saturated rings. The van der Waals surface area contributed by atoms with E-state index in [-0.39, 0.29) is 35.4 Å². The van der Waals surface area contributed by atoms with Crippen molar-refractivity contribution < 1.29 is 22.7 Å². The second kappa shape index (κ2) is 9.03. The van der Waals surface area contributed by atoms with Crippen LogP contribution in [0.2, 0.25) is 0 Å². The number of rotatable bonds is 5. The molecule has 1 saturated carbocycles. The van der Waals surface area contributed by atoms with Crippen LogP contribution in [0.5, 0.6) is 0 Å². The maximum Gasteiger partial charge on any atom is 0.376 e. The number of nitrogens with one attached hydrogen (secondary N) is 1. The van der Waals surface area contributed by atoms with Gasteiger partial charge in [0.1, 0.15) is 5.82 Å². The first-order valence-corrected chi connectivity index (χ1v) is 9.45. The van der Waals surface area contributed by atoms with Gasteiger partial charge < -0.3 is 10.1 Å². The molecule has 1 heterocycles. The molecule has 2 aromatic rings. The molecule has 1 aromatic heterocycles. The van der Waals surface area contributed by atoms with E-state index in [1.54, 1.807) is 6.92 Å². The molecule has 0 saturated heterocycles. The molecule has 28 heavy (non-hydrogen) atoms. The van der Waals surface area contributed by atoms with Gasteiger partial charge in [-0.25, -0.2) is 27.9 Å². The lowest BCUT2D eigenvalue weighted by Gasteiger charge is -2.19. The van der Waals surface area contributed by atoms with E-state index in [1.807, 2.05) is 0 Å². The number of hydrogen-bond acceptors (Lipinski definition) is 5. The van der Waals surface area contributed by atoms with E-state index in [2.05, 4.69) is 15.3 Å². The molecule has 0 unspecified atom stereocenters. The number of ether oxygens (including phenoxy) is 1. The number of benzene rings is 1. The van der Waals surface area contributed by atoms with Gasteiger partial charge in [-0.05, 0) is 37.5 Å². The third kappa shape index (κ3) is 4.61. The molecule has 0 atom stereocenters. The normalized spacial score (nSPS) is 15.1. The minimum atomic E-state index is -1.54. The van der Waals surface area contributed by atoms with Crippen LogP contribution in [0.25, 0.3) is 11.1 Å². The van der Waals surface area contributed by atoms with Crippen LogP contribution in [-0.4, -0.2) is 28.6 Å². The van der Waals surface area contributed by atoms with Gasteiger partial charge in [0, 0.05) is 17.8 Å². The third-order valence-electron chi connectivity index (χ3n) is 4.74. The lowest BCUT2D eigenvalue weighted by molar-refractivity contribution is 0.0512. The first-order chi connectivity index (χ1) is 13.5. The fraction of sp³-hybridized carbons (Fsp3) is 0.450. The van der Waals surface area contributed by atoms with Crippen molar-refractivity contribution in [2.24, 2.45) is 0 Å². The molecule has 1 aliphatic rings. The zero-order chi connectivity index (χ0) is 20.1. The summed E-state index contributed by atoms with van der Waals surface area (Å²) in [6, 6.07) is 1.89. The van der Waals surface area contributed by atoms with Crippen LogP contribution in [0.15, 0.2) is 18.3 Å². The predicted octanol–water partition coefficient (Wildman–Crippen LogP) is 4.87. The predicted molar refractivity (Wildman–Crippen MR) is 98.4 cm³/mol. The first kappa shape index (κ1) is 20.1. The van der Waals surface area contributed by atoms with Crippen molar-refractivity contribution in [3.63, 3.8) is 0 Å². The van der Waals surface area contributed by atoms with Crippen molar-refractivity contribution >= 4 is 11.8 Å². The number of anilines is 1. The second-order valence-corrected chi connectivity index (χ2v) is 6.76. The van der Waals surface area contributed by atoms with Gasteiger partial charge in [-0.3, -0.25) is 0 Å². The molecule has 3 rings (SSSR count). The lowest BCUT2D eigenvalue weighted by Crippen LogP contribution is -2.21. The van der Waals surface area contributed by atoms with E-state index in [0.717, 1.165) is 50.7 Å². The number of carbonyl (C=O) groups is 1. The van der Waals surface area contributed by atoms with Gasteiger partial charge in [0.2, 0.25) is 5.82 Å². The fourth-order valence-electron chi connectivity index (χ4n) is 3.33. The maximum atomic E-state index is 13.7. The molecular formula is C20H22F3N3O2. The van der Waals surface area contributed by atoms with Gasteiger partial charge in [-0.2, -0.15) is 0 Å². The Hall–Kier alpha value is -2.64. The van der Waals surface area contributed by atoms with E-state index >= 15 is 0 Å². The summed E-state index contributed by atoms with van der Waals surface area (Å²) in [5.41, 5.74) is 0.373. The van der Waals surface area contributed by atoms with Gasteiger partial charge in [-0.1, -0.05) is 25.7 Å². The van der Waals surface area contributed by atoms with E-state index < -0.39 is 23.4 Å². The van der Waals surface area contributed by atoms with Gasteiger partial charge in [-0.15, -0.1) is 0 Å². The molecule has 0 amide bonds. The first-order valence-electron chi connectivity index (χ1n) is 9.45. The van der Waals surface area contributed by atoms with Crippen LogP contribution in [0.1, 0.15) is 56.1 Å². The number of carbonyl (C=O) groups excluding carboxylic acids is 1. The summed E-state index contributed by atoms with van der Waals surface area (Å²) in [5.74, 6) is -4.70. The Bertz CT molecular complexity index is 830. The Morgan fingerprint density at radius 3 is 2.39 bits per heavy atom. The summed E-state index contributed by atoms with van der Waals surface area (Å²) in [6.07, 6.45) is 7.55. The van der Waals surface area contributed by atoms with Crippen LogP contribution < -0.4 is 5.32 Å².